The Morgan fingerprint density at radius 3 is 3.05 bits per heavy atom. The van der Waals surface area contributed by atoms with E-state index in [0.717, 1.165) is 24.6 Å². The average Bonchev–Trinajstić information content (AvgIpc) is 2.93. The quantitative estimate of drug-likeness (QED) is 0.907. The van der Waals surface area contributed by atoms with E-state index in [1.54, 1.807) is 0 Å². The molecule has 1 fully saturated rings. The van der Waals surface area contributed by atoms with Crippen LogP contribution in [0, 0.1) is 18.3 Å². The van der Waals surface area contributed by atoms with Crippen LogP contribution in [0.3, 0.4) is 0 Å². The van der Waals surface area contributed by atoms with E-state index in [4.69, 9.17) is 4.42 Å². The highest BCUT2D eigenvalue weighted by molar-refractivity contribution is 7.99. The van der Waals surface area contributed by atoms with Crippen molar-refractivity contribution in [2.24, 2.45) is 11.3 Å². The molecule has 2 heterocycles. The Bertz CT molecular complexity index is 446. The predicted octanol–water partition coefficient (Wildman–Crippen LogP) is 3.94. The second-order valence-corrected chi connectivity index (χ2v) is 8.12. The van der Waals surface area contributed by atoms with Crippen molar-refractivity contribution in [1.82, 2.24) is 5.32 Å². The van der Waals surface area contributed by atoms with E-state index in [-0.39, 0.29) is 0 Å². The molecule has 1 aliphatic carbocycles. The van der Waals surface area contributed by atoms with E-state index in [9.17, 15) is 0 Å². The highest BCUT2D eigenvalue weighted by atomic mass is 32.2. The Morgan fingerprint density at radius 1 is 1.47 bits per heavy atom. The van der Waals surface area contributed by atoms with Gasteiger partial charge in [-0.05, 0) is 55.2 Å². The maximum Gasteiger partial charge on any atom is 0.109 e. The number of rotatable bonds is 3. The summed E-state index contributed by atoms with van der Waals surface area (Å²) < 4.78 is 5.90. The fourth-order valence-electron chi connectivity index (χ4n) is 3.42. The third-order valence-corrected chi connectivity index (χ3v) is 5.64. The van der Waals surface area contributed by atoms with Crippen molar-refractivity contribution in [3.63, 3.8) is 0 Å². The fraction of sp³-hybridized carbons (Fsp3) is 0.750. The first kappa shape index (κ1) is 13.6. The molecule has 1 aromatic heterocycles. The van der Waals surface area contributed by atoms with Gasteiger partial charge in [-0.3, -0.25) is 0 Å². The Labute approximate surface area is 120 Å². The first-order valence-electron chi connectivity index (χ1n) is 7.44. The fourth-order valence-corrected chi connectivity index (χ4v) is 4.70. The van der Waals surface area contributed by atoms with Crippen molar-refractivity contribution in [2.75, 3.05) is 18.1 Å². The van der Waals surface area contributed by atoms with Crippen LogP contribution in [-0.2, 0) is 6.42 Å². The van der Waals surface area contributed by atoms with Gasteiger partial charge in [-0.25, -0.2) is 0 Å². The normalized spacial score (nSPS) is 29.4. The van der Waals surface area contributed by atoms with Crippen molar-refractivity contribution < 1.29 is 4.42 Å². The van der Waals surface area contributed by atoms with Crippen molar-refractivity contribution in [2.45, 2.75) is 46.1 Å². The summed E-state index contributed by atoms with van der Waals surface area (Å²) in [6, 6.07) is 2.73. The lowest BCUT2D eigenvalue weighted by Gasteiger charge is -2.35. The van der Waals surface area contributed by atoms with Gasteiger partial charge in [0.25, 0.3) is 0 Å². The Hall–Kier alpha value is -0.410. The molecular weight excluding hydrogens is 254 g/mol. The molecule has 2 atom stereocenters. The third-order valence-electron chi connectivity index (χ3n) is 4.41. The molecule has 0 amide bonds. The molecule has 0 bridgehead atoms. The molecule has 0 spiro atoms. The van der Waals surface area contributed by atoms with Gasteiger partial charge in [0.05, 0.1) is 0 Å². The minimum Gasteiger partial charge on any atom is -0.466 e. The van der Waals surface area contributed by atoms with Crippen molar-refractivity contribution in [1.29, 1.82) is 0 Å². The third kappa shape index (κ3) is 3.03. The van der Waals surface area contributed by atoms with Gasteiger partial charge >= 0.3 is 0 Å². The van der Waals surface area contributed by atoms with Gasteiger partial charge in [-0.15, -0.1) is 0 Å². The average molecular weight is 279 g/mol. The van der Waals surface area contributed by atoms with Crippen molar-refractivity contribution >= 4 is 11.8 Å². The van der Waals surface area contributed by atoms with Crippen LogP contribution in [0.1, 0.15) is 49.8 Å². The Balaban J connectivity index is 1.72. The summed E-state index contributed by atoms with van der Waals surface area (Å²) in [4.78, 5) is 0. The Morgan fingerprint density at radius 2 is 2.32 bits per heavy atom. The molecule has 19 heavy (non-hydrogen) atoms. The summed E-state index contributed by atoms with van der Waals surface area (Å²) in [7, 11) is 0. The van der Waals surface area contributed by atoms with Crippen LogP contribution in [0.5, 0.6) is 0 Å². The summed E-state index contributed by atoms with van der Waals surface area (Å²) in [6.45, 7) is 7.94. The van der Waals surface area contributed by atoms with Gasteiger partial charge in [0.1, 0.15) is 11.5 Å². The summed E-state index contributed by atoms with van der Waals surface area (Å²) in [5.41, 5.74) is 1.77. The lowest BCUT2D eigenvalue weighted by Crippen LogP contribution is -2.35. The number of hydrogen-bond donors (Lipinski definition) is 1. The number of thioether (sulfide) groups is 1. The van der Waals surface area contributed by atoms with E-state index in [0.29, 0.717) is 11.5 Å². The van der Waals surface area contributed by atoms with Crippen LogP contribution in [0.4, 0.5) is 0 Å². The van der Waals surface area contributed by atoms with Gasteiger partial charge < -0.3 is 9.73 Å². The van der Waals surface area contributed by atoms with Crippen LogP contribution in [0.2, 0.25) is 0 Å². The standard InChI is InChI=1S/C16H25NOS/c1-11-6-13-14(17-9-12-4-5-19-10-12)7-16(2,3)8-15(13)18-11/h6,12,14,17H,4-5,7-10H2,1-3H3. The molecule has 0 aromatic carbocycles. The zero-order valence-corrected chi connectivity index (χ0v) is 13.1. The SMILES string of the molecule is Cc1cc2c(o1)CC(C)(C)CC2NCC1CCSC1. The molecule has 1 aliphatic heterocycles. The van der Waals surface area contributed by atoms with Crippen LogP contribution in [-0.4, -0.2) is 18.1 Å². The topological polar surface area (TPSA) is 25.2 Å². The van der Waals surface area contributed by atoms with E-state index in [2.05, 4.69) is 43.9 Å². The minimum atomic E-state index is 0.347. The van der Waals surface area contributed by atoms with Gasteiger partial charge in [-0.2, -0.15) is 11.8 Å². The number of hydrogen-bond acceptors (Lipinski definition) is 3. The summed E-state index contributed by atoms with van der Waals surface area (Å²) in [6.07, 6.45) is 3.68. The number of aryl methyl sites for hydroxylation is 1. The Kier molecular flexibility index (Phi) is 3.69. The monoisotopic (exact) mass is 279 g/mol. The highest BCUT2D eigenvalue weighted by Crippen LogP contribution is 2.42. The molecule has 1 N–H and O–H groups in total. The zero-order valence-electron chi connectivity index (χ0n) is 12.3. The van der Waals surface area contributed by atoms with Gasteiger partial charge in [0.2, 0.25) is 0 Å². The van der Waals surface area contributed by atoms with Gasteiger partial charge in [0.15, 0.2) is 0 Å². The van der Waals surface area contributed by atoms with Crippen molar-refractivity contribution in [3.05, 3.63) is 23.2 Å². The second kappa shape index (κ2) is 5.17. The highest BCUT2D eigenvalue weighted by Gasteiger charge is 2.34. The first-order chi connectivity index (χ1) is 9.03. The molecule has 2 aliphatic rings. The summed E-state index contributed by atoms with van der Waals surface area (Å²) in [5, 5.41) is 3.82. The number of furan rings is 1. The lowest BCUT2D eigenvalue weighted by atomic mass is 9.74. The molecule has 1 saturated heterocycles. The summed E-state index contributed by atoms with van der Waals surface area (Å²) in [5.74, 6) is 5.82. The van der Waals surface area contributed by atoms with E-state index >= 15 is 0 Å². The van der Waals surface area contributed by atoms with Crippen molar-refractivity contribution in [3.8, 4) is 0 Å². The predicted molar refractivity (Wildman–Crippen MR) is 81.7 cm³/mol. The van der Waals surface area contributed by atoms with Gasteiger partial charge in [0, 0.05) is 18.0 Å². The molecule has 3 rings (SSSR count). The molecule has 106 valence electrons. The smallest absolute Gasteiger partial charge is 0.109 e. The van der Waals surface area contributed by atoms with Gasteiger partial charge in [-0.1, -0.05) is 13.8 Å². The van der Waals surface area contributed by atoms with Crippen LogP contribution in [0.25, 0.3) is 0 Å². The number of fused-ring (bicyclic) bond motifs is 1. The molecule has 0 saturated carbocycles. The van der Waals surface area contributed by atoms with E-state index < -0.39 is 0 Å². The summed E-state index contributed by atoms with van der Waals surface area (Å²) >= 11 is 2.10. The molecule has 1 aromatic rings. The number of nitrogens with one attached hydrogen (secondary N) is 1. The molecule has 3 heteroatoms. The van der Waals surface area contributed by atoms with Crippen LogP contribution < -0.4 is 5.32 Å². The van der Waals surface area contributed by atoms with E-state index in [1.807, 2.05) is 0 Å². The largest absolute Gasteiger partial charge is 0.466 e. The zero-order chi connectivity index (χ0) is 13.5. The lowest BCUT2D eigenvalue weighted by molar-refractivity contribution is 0.230. The first-order valence-corrected chi connectivity index (χ1v) is 8.59. The second-order valence-electron chi connectivity index (χ2n) is 6.97. The molecule has 2 nitrogen and oxygen atoms in total. The van der Waals surface area contributed by atoms with Crippen LogP contribution in [0.15, 0.2) is 10.5 Å². The van der Waals surface area contributed by atoms with E-state index in [1.165, 1.54) is 35.7 Å². The maximum absolute atomic E-state index is 5.90. The molecular formula is C16H25NOS. The molecule has 2 unspecified atom stereocenters. The minimum absolute atomic E-state index is 0.347. The maximum atomic E-state index is 5.90. The molecule has 0 radical (unpaired) electrons. The van der Waals surface area contributed by atoms with Crippen LogP contribution >= 0.6 is 11.8 Å².